The number of para-hydroxylation sites is 1. The maximum Gasteiger partial charge on any atom is 0.143 e. The van der Waals surface area contributed by atoms with Crippen LogP contribution >= 0.6 is 0 Å². The molecule has 0 bridgehead atoms. The summed E-state index contributed by atoms with van der Waals surface area (Å²) in [7, 11) is 0. The lowest BCUT2D eigenvalue weighted by Gasteiger charge is -2.26. The normalized spacial score (nSPS) is 11.7. The highest BCUT2D eigenvalue weighted by atomic mass is 16.3. The first-order valence-corrected chi connectivity index (χ1v) is 16.6. The van der Waals surface area contributed by atoms with Crippen molar-refractivity contribution < 1.29 is 8.83 Å². The van der Waals surface area contributed by atoms with Gasteiger partial charge in [-0.2, -0.15) is 0 Å². The Morgan fingerprint density at radius 3 is 1.53 bits per heavy atom. The van der Waals surface area contributed by atoms with Gasteiger partial charge in [-0.05, 0) is 88.3 Å². The molecule has 0 N–H and O–H groups in total. The molecule has 0 radical (unpaired) electrons. The predicted octanol–water partition coefficient (Wildman–Crippen LogP) is 13.4. The molecule has 0 aliphatic heterocycles. The Kier molecular flexibility index (Phi) is 6.18. The molecule has 0 aliphatic carbocycles. The monoisotopic (exact) mass is 627 g/mol. The van der Waals surface area contributed by atoms with Crippen molar-refractivity contribution in [2.75, 3.05) is 4.90 Å². The molecule has 2 heterocycles. The number of furan rings is 2. The molecule has 10 rings (SSSR count). The zero-order chi connectivity index (χ0) is 32.3. The zero-order valence-corrected chi connectivity index (χ0v) is 26.5. The van der Waals surface area contributed by atoms with E-state index < -0.39 is 0 Å². The van der Waals surface area contributed by atoms with E-state index in [4.69, 9.17) is 8.83 Å². The number of rotatable bonds is 5. The molecular formula is C46H29NO2. The van der Waals surface area contributed by atoms with Crippen LogP contribution in [0.5, 0.6) is 0 Å². The highest BCUT2D eigenvalue weighted by Crippen LogP contribution is 2.44. The molecule has 3 heteroatoms. The number of hydrogen-bond donors (Lipinski definition) is 0. The van der Waals surface area contributed by atoms with Gasteiger partial charge in [-0.15, -0.1) is 0 Å². The summed E-state index contributed by atoms with van der Waals surface area (Å²) >= 11 is 0. The molecule has 8 aromatic carbocycles. The van der Waals surface area contributed by atoms with Crippen LogP contribution in [0.25, 0.3) is 76.9 Å². The average Bonchev–Trinajstić information content (AvgIpc) is 3.74. The zero-order valence-electron chi connectivity index (χ0n) is 26.5. The maximum atomic E-state index is 6.63. The van der Waals surface area contributed by atoms with Crippen LogP contribution in [0.3, 0.4) is 0 Å². The minimum Gasteiger partial charge on any atom is -0.456 e. The fourth-order valence-electron chi connectivity index (χ4n) is 7.32. The van der Waals surface area contributed by atoms with Crippen molar-refractivity contribution in [3.8, 4) is 22.3 Å². The second-order valence-corrected chi connectivity index (χ2v) is 12.5. The molecule has 0 amide bonds. The standard InChI is InChI=1S/C46H29NO2/c1-3-11-30(12-4-1)31-19-21-33(22-20-31)47(34-23-25-44-40(27-34)37-16-9-10-18-43(37)48-44)35-24-26-45-41(28-35)42-29-39(32-13-5-2-6-14-32)36-15-7-8-17-38(36)46(42)49-45/h1-29H. The molecule has 0 spiro atoms. The molecule has 0 fully saturated rings. The van der Waals surface area contributed by atoms with Crippen molar-refractivity contribution >= 4 is 71.7 Å². The SMILES string of the molecule is c1ccc(-c2ccc(N(c3ccc4oc5ccccc5c4c3)c3ccc4oc5c6ccccc6c(-c6ccccc6)cc5c4c3)cc2)cc1. The van der Waals surface area contributed by atoms with E-state index >= 15 is 0 Å². The molecule has 0 atom stereocenters. The van der Waals surface area contributed by atoms with E-state index in [9.17, 15) is 0 Å². The van der Waals surface area contributed by atoms with Crippen LogP contribution < -0.4 is 4.90 Å². The quantitative estimate of drug-likeness (QED) is 0.190. The largest absolute Gasteiger partial charge is 0.456 e. The minimum atomic E-state index is 0.866. The summed E-state index contributed by atoms with van der Waals surface area (Å²) in [5, 5.41) is 6.67. The van der Waals surface area contributed by atoms with Gasteiger partial charge >= 0.3 is 0 Å². The summed E-state index contributed by atoms with van der Waals surface area (Å²) in [4.78, 5) is 2.33. The summed E-state index contributed by atoms with van der Waals surface area (Å²) in [6.07, 6.45) is 0. The molecule has 0 saturated heterocycles. The molecule has 230 valence electrons. The van der Waals surface area contributed by atoms with E-state index in [2.05, 4.69) is 169 Å². The van der Waals surface area contributed by atoms with Crippen molar-refractivity contribution in [1.82, 2.24) is 0 Å². The Morgan fingerprint density at radius 2 is 0.816 bits per heavy atom. The van der Waals surface area contributed by atoms with Gasteiger partial charge in [0.15, 0.2) is 0 Å². The fraction of sp³-hybridized carbons (Fsp3) is 0. The second-order valence-electron chi connectivity index (χ2n) is 12.5. The Hall–Kier alpha value is -6.58. The van der Waals surface area contributed by atoms with Crippen LogP contribution in [0.2, 0.25) is 0 Å². The molecule has 0 saturated carbocycles. The van der Waals surface area contributed by atoms with E-state index in [0.29, 0.717) is 0 Å². The van der Waals surface area contributed by atoms with Crippen molar-refractivity contribution in [3.63, 3.8) is 0 Å². The summed E-state index contributed by atoms with van der Waals surface area (Å²) < 4.78 is 12.8. The van der Waals surface area contributed by atoms with Gasteiger partial charge in [-0.3, -0.25) is 0 Å². The van der Waals surface area contributed by atoms with Gasteiger partial charge in [0.1, 0.15) is 22.3 Å². The highest BCUT2D eigenvalue weighted by molar-refractivity contribution is 6.19. The summed E-state index contributed by atoms with van der Waals surface area (Å²) in [6.45, 7) is 0. The number of nitrogens with zero attached hydrogens (tertiary/aromatic N) is 1. The van der Waals surface area contributed by atoms with Gasteiger partial charge in [0.2, 0.25) is 0 Å². The molecular weight excluding hydrogens is 599 g/mol. The Morgan fingerprint density at radius 1 is 0.306 bits per heavy atom. The smallest absolute Gasteiger partial charge is 0.143 e. The van der Waals surface area contributed by atoms with Gasteiger partial charge in [-0.25, -0.2) is 0 Å². The number of hydrogen-bond acceptors (Lipinski definition) is 3. The topological polar surface area (TPSA) is 29.5 Å². The summed E-state index contributed by atoms with van der Waals surface area (Å²) in [5.41, 5.74) is 11.5. The molecule has 0 aliphatic rings. The molecule has 49 heavy (non-hydrogen) atoms. The Labute approximate surface area is 282 Å². The molecule has 10 aromatic rings. The maximum absolute atomic E-state index is 6.63. The van der Waals surface area contributed by atoms with E-state index in [0.717, 1.165) is 66.3 Å². The van der Waals surface area contributed by atoms with Crippen molar-refractivity contribution in [2.24, 2.45) is 0 Å². The summed E-state index contributed by atoms with van der Waals surface area (Å²) in [5.74, 6) is 0. The molecule has 2 aromatic heterocycles. The number of fused-ring (bicyclic) bond motifs is 8. The predicted molar refractivity (Wildman–Crippen MR) is 204 cm³/mol. The van der Waals surface area contributed by atoms with Crippen LogP contribution in [-0.4, -0.2) is 0 Å². The van der Waals surface area contributed by atoms with Gasteiger partial charge < -0.3 is 13.7 Å². The van der Waals surface area contributed by atoms with Gasteiger partial charge in [-0.1, -0.05) is 115 Å². The van der Waals surface area contributed by atoms with Crippen molar-refractivity contribution in [2.45, 2.75) is 0 Å². The number of anilines is 3. The van der Waals surface area contributed by atoms with E-state index in [1.807, 2.05) is 12.1 Å². The Bertz CT molecular complexity index is 2810. The van der Waals surface area contributed by atoms with Gasteiger partial charge in [0, 0.05) is 44.0 Å². The lowest BCUT2D eigenvalue weighted by atomic mass is 9.95. The van der Waals surface area contributed by atoms with Crippen LogP contribution in [0, 0.1) is 0 Å². The third-order valence-electron chi connectivity index (χ3n) is 9.65. The minimum absolute atomic E-state index is 0.866. The van der Waals surface area contributed by atoms with Crippen LogP contribution in [0.15, 0.2) is 185 Å². The van der Waals surface area contributed by atoms with Crippen molar-refractivity contribution in [1.29, 1.82) is 0 Å². The third kappa shape index (κ3) is 4.51. The van der Waals surface area contributed by atoms with Crippen LogP contribution in [-0.2, 0) is 0 Å². The van der Waals surface area contributed by atoms with Crippen LogP contribution in [0.4, 0.5) is 17.1 Å². The first kappa shape index (κ1) is 27.5. The fourth-order valence-corrected chi connectivity index (χ4v) is 7.32. The third-order valence-corrected chi connectivity index (χ3v) is 9.65. The second kappa shape index (κ2) is 11.0. The highest BCUT2D eigenvalue weighted by Gasteiger charge is 2.19. The first-order valence-electron chi connectivity index (χ1n) is 16.6. The van der Waals surface area contributed by atoms with Crippen molar-refractivity contribution in [3.05, 3.63) is 176 Å². The first-order chi connectivity index (χ1) is 24.3. The van der Waals surface area contributed by atoms with E-state index in [-0.39, 0.29) is 0 Å². The van der Waals surface area contributed by atoms with Gasteiger partial charge in [0.25, 0.3) is 0 Å². The average molecular weight is 628 g/mol. The molecule has 3 nitrogen and oxygen atoms in total. The molecule has 0 unspecified atom stereocenters. The Balaban J connectivity index is 1.20. The summed E-state index contributed by atoms with van der Waals surface area (Å²) in [6, 6.07) is 62.0. The number of benzene rings is 8. The van der Waals surface area contributed by atoms with Gasteiger partial charge in [0.05, 0.1) is 0 Å². The van der Waals surface area contributed by atoms with E-state index in [1.54, 1.807) is 0 Å². The lowest BCUT2D eigenvalue weighted by molar-refractivity contribution is 0.669. The lowest BCUT2D eigenvalue weighted by Crippen LogP contribution is -2.09. The van der Waals surface area contributed by atoms with E-state index in [1.165, 1.54) is 27.6 Å². The van der Waals surface area contributed by atoms with Crippen LogP contribution in [0.1, 0.15) is 0 Å².